The molecule has 0 fully saturated rings. The van der Waals surface area contributed by atoms with E-state index in [-0.39, 0.29) is 12.4 Å². The minimum atomic E-state index is -0.771. The predicted octanol–water partition coefficient (Wildman–Crippen LogP) is 4.95. The van der Waals surface area contributed by atoms with E-state index in [0.717, 1.165) is 19.3 Å². The lowest BCUT2D eigenvalue weighted by Gasteiger charge is -2.16. The van der Waals surface area contributed by atoms with Crippen LogP contribution in [0.1, 0.15) is 90.9 Å². The fourth-order valence-corrected chi connectivity index (χ4v) is 2.55. The van der Waals surface area contributed by atoms with Crippen LogP contribution in [0.4, 0.5) is 0 Å². The van der Waals surface area contributed by atoms with Crippen LogP contribution in [0.2, 0.25) is 0 Å². The first kappa shape index (κ1) is 20.9. The summed E-state index contributed by atoms with van der Waals surface area (Å²) in [6, 6.07) is 0. The van der Waals surface area contributed by atoms with Gasteiger partial charge in [-0.25, -0.2) is 0 Å². The maximum absolute atomic E-state index is 11.6. The van der Waals surface area contributed by atoms with E-state index in [1.165, 1.54) is 38.5 Å². The topological polar surface area (TPSA) is 63.6 Å². The molecule has 0 aromatic rings. The molecule has 0 unspecified atom stereocenters. The molecule has 0 saturated carbocycles. The summed E-state index contributed by atoms with van der Waals surface area (Å²) in [4.78, 5) is 22.0. The molecular formula is C18H34O4. The molecule has 0 aliphatic rings. The first-order chi connectivity index (χ1) is 10.6. The molecule has 4 nitrogen and oxygen atoms in total. The van der Waals surface area contributed by atoms with Crippen LogP contribution in [0.3, 0.4) is 0 Å². The van der Waals surface area contributed by atoms with Gasteiger partial charge in [0.25, 0.3) is 0 Å². The Kier molecular flexibility index (Phi) is 14.1. The molecule has 4 heteroatoms. The van der Waals surface area contributed by atoms with Crippen LogP contribution in [0.15, 0.2) is 0 Å². The van der Waals surface area contributed by atoms with Gasteiger partial charge in [0.2, 0.25) is 0 Å². The molecule has 0 saturated heterocycles. The summed E-state index contributed by atoms with van der Waals surface area (Å²) in [5.74, 6) is -0.226. The minimum Gasteiger partial charge on any atom is -0.481 e. The number of hydrogen-bond donors (Lipinski definition) is 1. The molecule has 0 radical (unpaired) electrons. The van der Waals surface area contributed by atoms with E-state index in [1.54, 1.807) is 0 Å². The number of ether oxygens (including phenoxy) is 1. The highest BCUT2D eigenvalue weighted by Gasteiger charge is 2.10. The molecule has 0 spiro atoms. The molecule has 0 aromatic carbocycles. The summed E-state index contributed by atoms with van der Waals surface area (Å²) in [6.45, 7) is 4.95. The zero-order valence-electron chi connectivity index (χ0n) is 14.4. The fraction of sp³-hybridized carbons (Fsp3) is 0.889. The largest absolute Gasteiger partial charge is 0.481 e. The maximum Gasteiger partial charge on any atom is 0.305 e. The molecule has 0 aliphatic heterocycles. The van der Waals surface area contributed by atoms with Gasteiger partial charge in [0.1, 0.15) is 0 Å². The third-order valence-electron chi connectivity index (χ3n) is 3.99. The van der Waals surface area contributed by atoms with Gasteiger partial charge in [-0.3, -0.25) is 9.59 Å². The number of esters is 1. The van der Waals surface area contributed by atoms with Crippen molar-refractivity contribution in [1.82, 2.24) is 0 Å². The van der Waals surface area contributed by atoms with Crippen LogP contribution in [-0.4, -0.2) is 23.7 Å². The molecule has 0 heterocycles. The number of aliphatic carboxylic acids is 1. The molecule has 0 atom stereocenters. The molecule has 0 bridgehead atoms. The lowest BCUT2D eigenvalue weighted by Crippen LogP contribution is -2.10. The van der Waals surface area contributed by atoms with E-state index in [9.17, 15) is 9.59 Å². The zero-order chi connectivity index (χ0) is 16.6. The number of unbranched alkanes of at least 4 members (excludes halogenated alkanes) is 4. The highest BCUT2D eigenvalue weighted by molar-refractivity contribution is 5.69. The van der Waals surface area contributed by atoms with Gasteiger partial charge in [-0.1, -0.05) is 58.8 Å². The second kappa shape index (κ2) is 14.9. The lowest BCUT2D eigenvalue weighted by atomic mass is 9.93. The fourth-order valence-electron chi connectivity index (χ4n) is 2.55. The minimum absolute atomic E-state index is 0.139. The van der Waals surface area contributed by atoms with Gasteiger partial charge in [-0.2, -0.15) is 0 Å². The van der Waals surface area contributed by atoms with Gasteiger partial charge >= 0.3 is 11.9 Å². The van der Waals surface area contributed by atoms with E-state index in [2.05, 4.69) is 13.8 Å². The number of carbonyl (C=O) groups is 2. The molecule has 0 aromatic heterocycles. The standard InChI is InChI=1S/C18H34O4/c1-3-5-10-16(11-6-4-2)14-15-22-18(21)13-9-7-8-12-17(19)20/h16H,3-15H2,1-2H3,(H,19,20). The first-order valence-corrected chi connectivity index (χ1v) is 8.97. The van der Waals surface area contributed by atoms with Gasteiger partial charge in [0.05, 0.1) is 6.61 Å². The summed E-state index contributed by atoms with van der Waals surface area (Å²) in [7, 11) is 0. The number of carboxylic acid groups (broad SMARTS) is 1. The van der Waals surface area contributed by atoms with Crippen LogP contribution in [0.25, 0.3) is 0 Å². The summed E-state index contributed by atoms with van der Waals surface area (Å²) in [6.07, 6.45) is 11.1. The Labute approximate surface area is 135 Å². The summed E-state index contributed by atoms with van der Waals surface area (Å²) >= 11 is 0. The average molecular weight is 314 g/mol. The van der Waals surface area contributed by atoms with Crippen LogP contribution in [0, 0.1) is 5.92 Å². The molecule has 0 aliphatic carbocycles. The Bertz CT molecular complexity index is 281. The highest BCUT2D eigenvalue weighted by atomic mass is 16.5. The predicted molar refractivity (Wildman–Crippen MR) is 88.8 cm³/mol. The van der Waals surface area contributed by atoms with Gasteiger partial charge in [0.15, 0.2) is 0 Å². The second-order valence-electron chi connectivity index (χ2n) is 6.11. The Morgan fingerprint density at radius 1 is 0.864 bits per heavy atom. The Morgan fingerprint density at radius 3 is 2.00 bits per heavy atom. The Hall–Kier alpha value is -1.06. The lowest BCUT2D eigenvalue weighted by molar-refractivity contribution is -0.144. The molecule has 0 amide bonds. The van der Waals surface area contributed by atoms with E-state index in [4.69, 9.17) is 9.84 Å². The van der Waals surface area contributed by atoms with E-state index in [0.29, 0.717) is 25.4 Å². The van der Waals surface area contributed by atoms with Crippen molar-refractivity contribution in [3.8, 4) is 0 Å². The van der Waals surface area contributed by atoms with Crippen LogP contribution in [0.5, 0.6) is 0 Å². The van der Waals surface area contributed by atoms with Crippen molar-refractivity contribution in [2.75, 3.05) is 6.61 Å². The first-order valence-electron chi connectivity index (χ1n) is 8.97. The van der Waals surface area contributed by atoms with E-state index < -0.39 is 5.97 Å². The average Bonchev–Trinajstić information content (AvgIpc) is 2.48. The van der Waals surface area contributed by atoms with Crippen LogP contribution < -0.4 is 0 Å². The van der Waals surface area contributed by atoms with E-state index in [1.807, 2.05) is 0 Å². The van der Waals surface area contributed by atoms with Crippen molar-refractivity contribution < 1.29 is 19.4 Å². The Morgan fingerprint density at radius 2 is 1.45 bits per heavy atom. The number of carboxylic acids is 1. The molecule has 22 heavy (non-hydrogen) atoms. The number of rotatable bonds is 15. The third kappa shape index (κ3) is 13.9. The zero-order valence-corrected chi connectivity index (χ0v) is 14.4. The van der Waals surface area contributed by atoms with Gasteiger partial charge in [0, 0.05) is 12.8 Å². The number of hydrogen-bond acceptors (Lipinski definition) is 3. The highest BCUT2D eigenvalue weighted by Crippen LogP contribution is 2.20. The van der Waals surface area contributed by atoms with Crippen molar-refractivity contribution >= 4 is 11.9 Å². The molecular weight excluding hydrogens is 280 g/mol. The summed E-state index contributed by atoms with van der Waals surface area (Å²) in [5, 5.41) is 8.52. The molecule has 130 valence electrons. The summed E-state index contributed by atoms with van der Waals surface area (Å²) in [5.41, 5.74) is 0. The van der Waals surface area contributed by atoms with Gasteiger partial charge < -0.3 is 9.84 Å². The second-order valence-corrected chi connectivity index (χ2v) is 6.11. The van der Waals surface area contributed by atoms with Gasteiger partial charge in [-0.15, -0.1) is 0 Å². The third-order valence-corrected chi connectivity index (χ3v) is 3.99. The quantitative estimate of drug-likeness (QED) is 0.343. The monoisotopic (exact) mass is 314 g/mol. The van der Waals surface area contributed by atoms with Gasteiger partial charge in [-0.05, 0) is 25.2 Å². The van der Waals surface area contributed by atoms with Crippen molar-refractivity contribution in [3.05, 3.63) is 0 Å². The molecule has 0 rings (SSSR count). The van der Waals surface area contributed by atoms with Crippen molar-refractivity contribution in [3.63, 3.8) is 0 Å². The van der Waals surface area contributed by atoms with Crippen LogP contribution in [-0.2, 0) is 14.3 Å². The summed E-state index contributed by atoms with van der Waals surface area (Å²) < 4.78 is 5.30. The van der Waals surface area contributed by atoms with Crippen molar-refractivity contribution in [2.45, 2.75) is 90.9 Å². The van der Waals surface area contributed by atoms with E-state index >= 15 is 0 Å². The molecule has 1 N–H and O–H groups in total. The van der Waals surface area contributed by atoms with Crippen LogP contribution >= 0.6 is 0 Å². The normalized spacial score (nSPS) is 10.9. The van der Waals surface area contributed by atoms with Crippen molar-refractivity contribution in [2.24, 2.45) is 5.92 Å². The SMILES string of the molecule is CCCCC(CCCC)CCOC(=O)CCCCCC(=O)O. The maximum atomic E-state index is 11.6. The number of carbonyl (C=O) groups excluding carboxylic acids is 1. The van der Waals surface area contributed by atoms with Crippen molar-refractivity contribution in [1.29, 1.82) is 0 Å². The smallest absolute Gasteiger partial charge is 0.305 e. The Balaban J connectivity index is 3.66.